The van der Waals surface area contributed by atoms with E-state index in [1.54, 1.807) is 0 Å². The summed E-state index contributed by atoms with van der Waals surface area (Å²) in [4.78, 5) is 2.13. The molecule has 10 heteroatoms. The molecule has 0 aliphatic carbocycles. The summed E-state index contributed by atoms with van der Waals surface area (Å²) in [5.41, 5.74) is 3.81. The first kappa shape index (κ1) is 14.5. The summed E-state index contributed by atoms with van der Waals surface area (Å²) in [6, 6.07) is 0.495. The summed E-state index contributed by atoms with van der Waals surface area (Å²) in [6.07, 6.45) is -10.2. The number of halogens is 7. The fourth-order valence-corrected chi connectivity index (χ4v) is 1.45. The molecule has 98 valence electrons. The molecular formula is C8H2ClF6N3. The standard InChI is InChI=1S/C8H2ClF6N3/c9-6-4(7(10,11)12)1-3(17-18-16)2-5(6)8(13,14)15/h1-2H. The molecule has 0 aliphatic heterocycles. The molecule has 1 aromatic carbocycles. The van der Waals surface area contributed by atoms with E-state index in [1.807, 2.05) is 0 Å². The molecule has 1 aromatic rings. The van der Waals surface area contributed by atoms with E-state index in [0.29, 0.717) is 0 Å². The van der Waals surface area contributed by atoms with Crippen molar-refractivity contribution >= 4 is 17.3 Å². The van der Waals surface area contributed by atoms with Crippen LogP contribution in [-0.4, -0.2) is 0 Å². The summed E-state index contributed by atoms with van der Waals surface area (Å²) in [5, 5.41) is 1.24. The summed E-state index contributed by atoms with van der Waals surface area (Å²) < 4.78 is 74.7. The predicted molar refractivity (Wildman–Crippen MR) is 50.3 cm³/mol. The van der Waals surface area contributed by atoms with Gasteiger partial charge in [0.15, 0.2) is 0 Å². The Morgan fingerprint density at radius 2 is 1.39 bits per heavy atom. The van der Waals surface area contributed by atoms with Crippen LogP contribution in [-0.2, 0) is 12.4 Å². The maximum absolute atomic E-state index is 12.5. The number of nitrogens with zero attached hydrogens (tertiary/aromatic N) is 3. The van der Waals surface area contributed by atoms with E-state index in [-0.39, 0.29) is 12.1 Å². The van der Waals surface area contributed by atoms with Gasteiger partial charge in [0.25, 0.3) is 0 Å². The molecule has 0 bridgehead atoms. The molecule has 0 atom stereocenters. The number of hydrogen-bond donors (Lipinski definition) is 0. The van der Waals surface area contributed by atoms with Gasteiger partial charge in [-0.3, -0.25) is 0 Å². The number of benzene rings is 1. The van der Waals surface area contributed by atoms with Gasteiger partial charge in [-0.25, -0.2) is 0 Å². The SMILES string of the molecule is [N-]=[N+]=Nc1cc(C(F)(F)F)c(Cl)c(C(F)(F)F)c1. The van der Waals surface area contributed by atoms with Gasteiger partial charge in [0.05, 0.1) is 16.1 Å². The summed E-state index contributed by atoms with van der Waals surface area (Å²) >= 11 is 5.08. The van der Waals surface area contributed by atoms with Crippen molar-refractivity contribution in [3.8, 4) is 0 Å². The van der Waals surface area contributed by atoms with Crippen LogP contribution in [0.15, 0.2) is 17.2 Å². The fourth-order valence-electron chi connectivity index (χ4n) is 1.13. The average Bonchev–Trinajstić information content (AvgIpc) is 2.17. The van der Waals surface area contributed by atoms with Crippen LogP contribution < -0.4 is 0 Å². The Hall–Kier alpha value is -1.60. The molecule has 0 aliphatic rings. The maximum Gasteiger partial charge on any atom is 0.417 e. The lowest BCUT2D eigenvalue weighted by molar-refractivity contribution is -0.142. The van der Waals surface area contributed by atoms with Gasteiger partial charge in [0, 0.05) is 10.6 Å². The lowest BCUT2D eigenvalue weighted by atomic mass is 10.1. The topological polar surface area (TPSA) is 48.8 Å². The Kier molecular flexibility index (Phi) is 3.68. The van der Waals surface area contributed by atoms with Gasteiger partial charge in [-0.1, -0.05) is 16.7 Å². The van der Waals surface area contributed by atoms with Crippen LogP contribution >= 0.6 is 11.6 Å². The van der Waals surface area contributed by atoms with Crippen LogP contribution in [0, 0.1) is 0 Å². The quantitative estimate of drug-likeness (QED) is 0.291. The zero-order valence-electron chi connectivity index (χ0n) is 8.14. The van der Waals surface area contributed by atoms with Gasteiger partial charge < -0.3 is 0 Å². The normalized spacial score (nSPS) is 12.2. The molecular weight excluding hydrogens is 288 g/mol. The molecule has 18 heavy (non-hydrogen) atoms. The van der Waals surface area contributed by atoms with Crippen LogP contribution in [0.3, 0.4) is 0 Å². The number of hydrogen-bond acceptors (Lipinski definition) is 1. The molecule has 1 rings (SSSR count). The molecule has 0 heterocycles. The average molecular weight is 290 g/mol. The second kappa shape index (κ2) is 4.58. The largest absolute Gasteiger partial charge is 0.417 e. The Labute approximate surface area is 101 Å². The monoisotopic (exact) mass is 289 g/mol. The highest BCUT2D eigenvalue weighted by molar-refractivity contribution is 6.32. The van der Waals surface area contributed by atoms with Gasteiger partial charge in [-0.2, -0.15) is 26.3 Å². The van der Waals surface area contributed by atoms with Crippen molar-refractivity contribution in [2.45, 2.75) is 12.4 Å². The highest BCUT2D eigenvalue weighted by atomic mass is 35.5. The third-order valence-corrected chi connectivity index (χ3v) is 2.24. The summed E-state index contributed by atoms with van der Waals surface area (Å²) in [6.45, 7) is 0. The third kappa shape index (κ3) is 2.99. The van der Waals surface area contributed by atoms with Gasteiger partial charge in [0.2, 0.25) is 0 Å². The molecule has 0 saturated carbocycles. The number of rotatable bonds is 1. The van der Waals surface area contributed by atoms with Crippen molar-refractivity contribution in [3.63, 3.8) is 0 Å². The maximum atomic E-state index is 12.5. The van der Waals surface area contributed by atoms with Gasteiger partial charge in [-0.05, 0) is 17.7 Å². The Morgan fingerprint density at radius 1 is 1.00 bits per heavy atom. The molecule has 0 fully saturated rings. The van der Waals surface area contributed by atoms with E-state index >= 15 is 0 Å². The van der Waals surface area contributed by atoms with Crippen LogP contribution in [0.5, 0.6) is 0 Å². The van der Waals surface area contributed by atoms with Crippen molar-refractivity contribution in [1.29, 1.82) is 0 Å². The van der Waals surface area contributed by atoms with Crippen LogP contribution in [0.1, 0.15) is 11.1 Å². The minimum Gasteiger partial charge on any atom is -0.166 e. The minimum atomic E-state index is -5.09. The van der Waals surface area contributed by atoms with Crippen molar-refractivity contribution in [3.05, 3.63) is 38.7 Å². The van der Waals surface area contributed by atoms with Crippen LogP contribution in [0.2, 0.25) is 5.02 Å². The highest BCUT2D eigenvalue weighted by Crippen LogP contribution is 2.44. The van der Waals surface area contributed by atoms with E-state index in [9.17, 15) is 26.3 Å². The molecule has 0 radical (unpaired) electrons. The highest BCUT2D eigenvalue weighted by Gasteiger charge is 2.40. The third-order valence-electron chi connectivity index (χ3n) is 1.83. The minimum absolute atomic E-state index is 0.247. The molecule has 0 N–H and O–H groups in total. The van der Waals surface area contributed by atoms with Crippen molar-refractivity contribution in [1.82, 2.24) is 0 Å². The molecule has 0 unspecified atom stereocenters. The zero-order valence-corrected chi connectivity index (χ0v) is 8.90. The fraction of sp³-hybridized carbons (Fsp3) is 0.250. The zero-order chi connectivity index (χ0) is 14.1. The second-order valence-corrected chi connectivity index (χ2v) is 3.42. The molecule has 0 aromatic heterocycles. The van der Waals surface area contributed by atoms with Gasteiger partial charge in [0.1, 0.15) is 0 Å². The van der Waals surface area contributed by atoms with Crippen LogP contribution in [0.25, 0.3) is 10.4 Å². The smallest absolute Gasteiger partial charge is 0.166 e. The lowest BCUT2D eigenvalue weighted by Crippen LogP contribution is -2.12. The molecule has 0 amide bonds. The molecule has 0 spiro atoms. The number of alkyl halides is 6. The molecule has 3 nitrogen and oxygen atoms in total. The lowest BCUT2D eigenvalue weighted by Gasteiger charge is -2.15. The van der Waals surface area contributed by atoms with Crippen molar-refractivity contribution in [2.24, 2.45) is 5.11 Å². The summed E-state index contributed by atoms with van der Waals surface area (Å²) in [7, 11) is 0. The second-order valence-electron chi connectivity index (χ2n) is 3.04. The summed E-state index contributed by atoms with van der Waals surface area (Å²) in [5.74, 6) is 0. The van der Waals surface area contributed by atoms with Crippen LogP contribution in [0.4, 0.5) is 32.0 Å². The Morgan fingerprint density at radius 3 is 1.67 bits per heavy atom. The first-order chi connectivity index (χ1) is 8.07. The first-order valence-corrected chi connectivity index (χ1v) is 4.48. The Balaban J connectivity index is 3.64. The molecule has 0 saturated heterocycles. The van der Waals surface area contributed by atoms with E-state index < -0.39 is 34.2 Å². The van der Waals surface area contributed by atoms with Gasteiger partial charge in [-0.15, -0.1) is 0 Å². The van der Waals surface area contributed by atoms with Crippen molar-refractivity contribution < 1.29 is 26.3 Å². The van der Waals surface area contributed by atoms with Crippen molar-refractivity contribution in [2.75, 3.05) is 0 Å². The van der Waals surface area contributed by atoms with E-state index in [4.69, 9.17) is 17.1 Å². The Bertz CT molecular complexity index is 480. The first-order valence-electron chi connectivity index (χ1n) is 4.10. The van der Waals surface area contributed by atoms with E-state index in [1.165, 1.54) is 0 Å². The van der Waals surface area contributed by atoms with E-state index in [0.717, 1.165) is 0 Å². The van der Waals surface area contributed by atoms with Gasteiger partial charge >= 0.3 is 12.4 Å². The predicted octanol–water partition coefficient (Wildman–Crippen LogP) is 5.32. The number of azide groups is 1. The van der Waals surface area contributed by atoms with E-state index in [2.05, 4.69) is 10.0 Å².